The summed E-state index contributed by atoms with van der Waals surface area (Å²) in [6.07, 6.45) is 1.74. The topological polar surface area (TPSA) is 33.1 Å². The van der Waals surface area contributed by atoms with Crippen LogP contribution >= 0.6 is 0 Å². The Labute approximate surface area is 133 Å². The quantitative estimate of drug-likeness (QED) is 0.753. The molecule has 0 aliphatic rings. The zero-order chi connectivity index (χ0) is 16.6. The van der Waals surface area contributed by atoms with E-state index in [9.17, 15) is 13.9 Å². The van der Waals surface area contributed by atoms with Gasteiger partial charge < -0.3 is 5.11 Å². The molecule has 0 spiro atoms. The van der Waals surface area contributed by atoms with Crippen LogP contribution in [0.1, 0.15) is 30.9 Å². The Hall–Kier alpha value is -2.33. The van der Waals surface area contributed by atoms with Crippen molar-refractivity contribution >= 4 is 10.9 Å². The smallest absolute Gasteiger partial charge is 0.130 e. The number of hydrogen-bond donors (Lipinski definition) is 1. The van der Waals surface area contributed by atoms with E-state index in [4.69, 9.17) is 0 Å². The molecule has 0 unspecified atom stereocenters. The minimum Gasteiger partial charge on any atom is -0.392 e. The van der Waals surface area contributed by atoms with E-state index in [1.807, 2.05) is 13.8 Å². The number of aliphatic hydroxyl groups is 1. The number of rotatable bonds is 3. The minimum absolute atomic E-state index is 0.203. The van der Waals surface area contributed by atoms with Crippen LogP contribution in [0.3, 0.4) is 0 Å². The van der Waals surface area contributed by atoms with Crippen LogP contribution in [0.4, 0.5) is 8.78 Å². The molecule has 0 saturated carbocycles. The van der Waals surface area contributed by atoms with Crippen molar-refractivity contribution in [3.63, 3.8) is 0 Å². The summed E-state index contributed by atoms with van der Waals surface area (Å²) in [5, 5.41) is 10.1. The van der Waals surface area contributed by atoms with Crippen LogP contribution in [0.15, 0.2) is 42.6 Å². The van der Waals surface area contributed by atoms with E-state index in [0.29, 0.717) is 5.52 Å². The first kappa shape index (κ1) is 15.6. The molecule has 3 aromatic rings. The summed E-state index contributed by atoms with van der Waals surface area (Å²) in [5.41, 5.74) is 3.49. The molecule has 1 heterocycles. The molecular formula is C19H17F2NO. The number of pyridine rings is 1. The number of fused-ring (bicyclic) bond motifs is 1. The fourth-order valence-corrected chi connectivity index (χ4v) is 2.77. The molecule has 0 bridgehead atoms. The van der Waals surface area contributed by atoms with Crippen LogP contribution in [0.25, 0.3) is 22.0 Å². The molecule has 0 radical (unpaired) electrons. The van der Waals surface area contributed by atoms with Crippen LogP contribution < -0.4 is 0 Å². The maximum Gasteiger partial charge on any atom is 0.130 e. The Kier molecular flexibility index (Phi) is 4.09. The van der Waals surface area contributed by atoms with Crippen LogP contribution in [0, 0.1) is 11.6 Å². The lowest BCUT2D eigenvalue weighted by atomic mass is 9.90. The molecule has 2 nitrogen and oxygen atoms in total. The normalized spacial score (nSPS) is 11.4. The lowest BCUT2D eigenvalue weighted by Gasteiger charge is -2.16. The molecule has 0 amide bonds. The number of nitrogens with zero attached hydrogens (tertiary/aromatic N) is 1. The molecule has 1 N–H and O–H groups in total. The van der Waals surface area contributed by atoms with Crippen LogP contribution in [0.2, 0.25) is 0 Å². The second-order valence-electron chi connectivity index (χ2n) is 5.87. The highest BCUT2D eigenvalue weighted by Gasteiger charge is 2.16. The van der Waals surface area contributed by atoms with Gasteiger partial charge in [0, 0.05) is 23.2 Å². The van der Waals surface area contributed by atoms with Gasteiger partial charge in [0.25, 0.3) is 0 Å². The summed E-state index contributed by atoms with van der Waals surface area (Å²) < 4.78 is 27.2. The Bertz CT molecular complexity index is 857. The fraction of sp³-hybridized carbons (Fsp3) is 0.211. The van der Waals surface area contributed by atoms with Crippen molar-refractivity contribution in [3.8, 4) is 11.1 Å². The van der Waals surface area contributed by atoms with E-state index in [0.717, 1.165) is 22.1 Å². The molecule has 23 heavy (non-hydrogen) atoms. The second-order valence-corrected chi connectivity index (χ2v) is 5.87. The van der Waals surface area contributed by atoms with Gasteiger partial charge in [-0.15, -0.1) is 0 Å². The molecule has 0 aliphatic carbocycles. The van der Waals surface area contributed by atoms with E-state index in [2.05, 4.69) is 4.98 Å². The molecule has 3 rings (SSSR count). The van der Waals surface area contributed by atoms with Crippen molar-refractivity contribution in [2.75, 3.05) is 0 Å². The molecule has 0 fully saturated rings. The minimum atomic E-state index is -0.477. The Morgan fingerprint density at radius 2 is 1.78 bits per heavy atom. The largest absolute Gasteiger partial charge is 0.392 e. The van der Waals surface area contributed by atoms with Crippen LogP contribution in [-0.4, -0.2) is 10.1 Å². The highest BCUT2D eigenvalue weighted by Crippen LogP contribution is 2.36. The summed E-state index contributed by atoms with van der Waals surface area (Å²) in [7, 11) is 0. The molecule has 0 atom stereocenters. The number of aromatic nitrogens is 1. The van der Waals surface area contributed by atoms with Crippen molar-refractivity contribution < 1.29 is 13.9 Å². The number of benzene rings is 2. The SMILES string of the molecule is CC(C)c1cnc2cc(F)c(CO)cc2c1-c1ccc(F)cc1. The number of aliphatic hydroxyl groups excluding tert-OH is 1. The van der Waals surface area contributed by atoms with Crippen molar-refractivity contribution in [1.82, 2.24) is 4.98 Å². The van der Waals surface area contributed by atoms with Gasteiger partial charge in [-0.25, -0.2) is 8.78 Å². The maximum absolute atomic E-state index is 13.9. The number of hydrogen-bond acceptors (Lipinski definition) is 2. The highest BCUT2D eigenvalue weighted by atomic mass is 19.1. The summed E-state index contributed by atoms with van der Waals surface area (Å²) >= 11 is 0. The lowest BCUT2D eigenvalue weighted by molar-refractivity contribution is 0.276. The fourth-order valence-electron chi connectivity index (χ4n) is 2.77. The summed E-state index contributed by atoms with van der Waals surface area (Å²) in [5.74, 6) is -0.579. The second kappa shape index (κ2) is 6.05. The van der Waals surface area contributed by atoms with Gasteiger partial charge in [0.1, 0.15) is 11.6 Å². The van der Waals surface area contributed by atoms with Gasteiger partial charge in [-0.2, -0.15) is 0 Å². The third kappa shape index (κ3) is 2.82. The zero-order valence-electron chi connectivity index (χ0n) is 13.0. The Morgan fingerprint density at radius 3 is 2.39 bits per heavy atom. The molecule has 1 aromatic heterocycles. The van der Waals surface area contributed by atoms with Gasteiger partial charge in [-0.3, -0.25) is 4.98 Å². The average molecular weight is 313 g/mol. The summed E-state index contributed by atoms with van der Waals surface area (Å²) in [6, 6.07) is 9.18. The van der Waals surface area contributed by atoms with Crippen molar-refractivity contribution in [2.24, 2.45) is 0 Å². The van der Waals surface area contributed by atoms with Gasteiger partial charge >= 0.3 is 0 Å². The molecule has 118 valence electrons. The monoisotopic (exact) mass is 313 g/mol. The predicted octanol–water partition coefficient (Wildman–Crippen LogP) is 4.80. The van der Waals surface area contributed by atoms with Crippen molar-refractivity contribution in [3.05, 3.63) is 65.4 Å². The standard InChI is InChI=1S/C19H17F2NO/c1-11(2)16-9-22-18-8-17(21)13(10-23)7-15(18)19(16)12-3-5-14(20)6-4-12/h3-9,11,23H,10H2,1-2H3. The molecule has 0 saturated heterocycles. The number of halogens is 2. The van der Waals surface area contributed by atoms with Crippen LogP contribution in [0.5, 0.6) is 0 Å². The lowest BCUT2D eigenvalue weighted by Crippen LogP contribution is -1.99. The molecule has 0 aliphatic heterocycles. The van der Waals surface area contributed by atoms with Gasteiger partial charge in [0.15, 0.2) is 0 Å². The van der Waals surface area contributed by atoms with E-state index < -0.39 is 5.82 Å². The van der Waals surface area contributed by atoms with Gasteiger partial charge in [-0.05, 0) is 40.8 Å². The van der Waals surface area contributed by atoms with Crippen molar-refractivity contribution in [1.29, 1.82) is 0 Å². The summed E-state index contributed by atoms with van der Waals surface area (Å²) in [6.45, 7) is 3.72. The third-order valence-electron chi connectivity index (χ3n) is 3.99. The van der Waals surface area contributed by atoms with Gasteiger partial charge in [-0.1, -0.05) is 26.0 Å². The predicted molar refractivity (Wildman–Crippen MR) is 87.1 cm³/mol. The molecular weight excluding hydrogens is 296 g/mol. The highest BCUT2D eigenvalue weighted by molar-refractivity contribution is 5.96. The first-order chi connectivity index (χ1) is 11.0. The average Bonchev–Trinajstić information content (AvgIpc) is 2.53. The zero-order valence-corrected chi connectivity index (χ0v) is 13.0. The van der Waals surface area contributed by atoms with E-state index in [1.54, 1.807) is 24.4 Å². The third-order valence-corrected chi connectivity index (χ3v) is 3.99. The van der Waals surface area contributed by atoms with Crippen LogP contribution in [-0.2, 0) is 6.61 Å². The van der Waals surface area contributed by atoms with E-state index in [-0.39, 0.29) is 23.9 Å². The Balaban J connectivity index is 2.38. The molecule has 4 heteroatoms. The summed E-state index contributed by atoms with van der Waals surface area (Å²) in [4.78, 5) is 4.35. The van der Waals surface area contributed by atoms with Crippen molar-refractivity contribution in [2.45, 2.75) is 26.4 Å². The Morgan fingerprint density at radius 1 is 1.09 bits per heavy atom. The maximum atomic E-state index is 13.9. The first-order valence-corrected chi connectivity index (χ1v) is 7.49. The molecule has 2 aromatic carbocycles. The van der Waals surface area contributed by atoms with E-state index >= 15 is 0 Å². The first-order valence-electron chi connectivity index (χ1n) is 7.49. The van der Waals surface area contributed by atoms with Gasteiger partial charge in [0.05, 0.1) is 12.1 Å². The van der Waals surface area contributed by atoms with E-state index in [1.165, 1.54) is 18.2 Å². The van der Waals surface area contributed by atoms with Gasteiger partial charge in [0.2, 0.25) is 0 Å².